The highest BCUT2D eigenvalue weighted by atomic mass is 32.2. The Bertz CT molecular complexity index is 323. The van der Waals surface area contributed by atoms with Crippen molar-refractivity contribution in [3.05, 3.63) is 29.8 Å². The van der Waals surface area contributed by atoms with Gasteiger partial charge >= 0.3 is 0 Å². The van der Waals surface area contributed by atoms with Crippen molar-refractivity contribution in [1.82, 2.24) is 5.32 Å². The fourth-order valence-corrected chi connectivity index (χ4v) is 2.49. The van der Waals surface area contributed by atoms with Crippen LogP contribution in [0.15, 0.2) is 29.2 Å². The lowest BCUT2D eigenvalue weighted by atomic mass is 10.1. The Morgan fingerprint density at radius 2 is 1.76 bits per heavy atom. The van der Waals surface area contributed by atoms with Crippen LogP contribution in [0.3, 0.4) is 0 Å². The van der Waals surface area contributed by atoms with Gasteiger partial charge in [-0.2, -0.15) is 0 Å². The Balaban J connectivity index is 2.61. The maximum absolute atomic E-state index is 9.46. The SMILES string of the molecule is CCNC(C)c1ccc(SC(C)C(C)O)cc1. The van der Waals surface area contributed by atoms with Crippen LogP contribution in [-0.2, 0) is 0 Å². The zero-order valence-corrected chi connectivity index (χ0v) is 11.9. The van der Waals surface area contributed by atoms with Gasteiger partial charge in [0.05, 0.1) is 6.10 Å². The van der Waals surface area contributed by atoms with Crippen molar-refractivity contribution in [3.8, 4) is 0 Å². The Labute approximate surface area is 109 Å². The first-order valence-corrected chi connectivity index (χ1v) is 7.10. The molecular formula is C14H23NOS. The van der Waals surface area contributed by atoms with E-state index in [4.69, 9.17) is 0 Å². The molecule has 0 amide bonds. The van der Waals surface area contributed by atoms with Crippen molar-refractivity contribution in [2.75, 3.05) is 6.54 Å². The monoisotopic (exact) mass is 253 g/mol. The average molecular weight is 253 g/mol. The number of thioether (sulfide) groups is 1. The summed E-state index contributed by atoms with van der Waals surface area (Å²) in [5.74, 6) is 0. The molecule has 1 aromatic rings. The van der Waals surface area contributed by atoms with Crippen LogP contribution in [0.25, 0.3) is 0 Å². The molecule has 0 fully saturated rings. The van der Waals surface area contributed by atoms with Crippen LogP contribution < -0.4 is 5.32 Å². The molecule has 0 radical (unpaired) electrons. The van der Waals surface area contributed by atoms with Gasteiger partial charge in [0.25, 0.3) is 0 Å². The summed E-state index contributed by atoms with van der Waals surface area (Å²) in [5.41, 5.74) is 1.31. The first-order chi connectivity index (χ1) is 8.04. The van der Waals surface area contributed by atoms with Crippen molar-refractivity contribution in [2.24, 2.45) is 0 Å². The van der Waals surface area contributed by atoms with E-state index in [-0.39, 0.29) is 11.4 Å². The average Bonchev–Trinajstić information content (AvgIpc) is 2.30. The molecule has 0 aliphatic carbocycles. The lowest BCUT2D eigenvalue weighted by Crippen LogP contribution is -2.17. The third-order valence-electron chi connectivity index (χ3n) is 2.89. The zero-order chi connectivity index (χ0) is 12.8. The van der Waals surface area contributed by atoms with Crippen LogP contribution in [0.5, 0.6) is 0 Å². The van der Waals surface area contributed by atoms with Crippen molar-refractivity contribution >= 4 is 11.8 Å². The van der Waals surface area contributed by atoms with Crippen LogP contribution in [0, 0.1) is 0 Å². The topological polar surface area (TPSA) is 32.3 Å². The van der Waals surface area contributed by atoms with E-state index in [9.17, 15) is 5.11 Å². The van der Waals surface area contributed by atoms with E-state index in [0.717, 1.165) is 6.54 Å². The molecule has 0 aliphatic rings. The second-order valence-corrected chi connectivity index (χ2v) is 5.86. The van der Waals surface area contributed by atoms with Gasteiger partial charge in [-0.1, -0.05) is 26.0 Å². The van der Waals surface area contributed by atoms with Crippen molar-refractivity contribution < 1.29 is 5.11 Å². The highest BCUT2D eigenvalue weighted by Crippen LogP contribution is 2.26. The van der Waals surface area contributed by atoms with E-state index in [0.29, 0.717) is 6.04 Å². The summed E-state index contributed by atoms with van der Waals surface area (Å²) in [6.45, 7) is 9.15. The van der Waals surface area contributed by atoms with Crippen LogP contribution in [0.1, 0.15) is 39.3 Å². The standard InChI is InChI=1S/C14H23NOS/c1-5-15-10(2)13-6-8-14(9-7-13)17-12(4)11(3)16/h6-12,15-16H,5H2,1-4H3. The minimum absolute atomic E-state index is 0.229. The molecule has 0 aromatic heterocycles. The predicted molar refractivity (Wildman–Crippen MR) is 75.5 cm³/mol. The van der Waals surface area contributed by atoms with Crippen LogP contribution >= 0.6 is 11.8 Å². The first-order valence-electron chi connectivity index (χ1n) is 6.22. The van der Waals surface area contributed by atoms with Crippen LogP contribution in [0.4, 0.5) is 0 Å². The summed E-state index contributed by atoms with van der Waals surface area (Å²) in [6, 6.07) is 8.97. The third-order valence-corrected chi connectivity index (χ3v) is 4.20. The number of hydrogen-bond donors (Lipinski definition) is 2. The number of nitrogens with one attached hydrogen (secondary N) is 1. The Morgan fingerprint density at radius 1 is 1.18 bits per heavy atom. The lowest BCUT2D eigenvalue weighted by Gasteiger charge is -2.16. The van der Waals surface area contributed by atoms with E-state index in [1.807, 2.05) is 13.8 Å². The summed E-state index contributed by atoms with van der Waals surface area (Å²) in [7, 11) is 0. The Hall–Kier alpha value is -0.510. The maximum Gasteiger partial charge on any atom is 0.0631 e. The van der Waals surface area contributed by atoms with Crippen molar-refractivity contribution in [2.45, 2.75) is 50.0 Å². The largest absolute Gasteiger partial charge is 0.392 e. The molecule has 17 heavy (non-hydrogen) atoms. The molecule has 1 aromatic carbocycles. The number of benzene rings is 1. The lowest BCUT2D eigenvalue weighted by molar-refractivity contribution is 0.196. The molecule has 0 saturated heterocycles. The molecule has 0 bridgehead atoms. The van der Waals surface area contributed by atoms with E-state index in [2.05, 4.69) is 43.4 Å². The molecule has 2 nitrogen and oxygen atoms in total. The van der Waals surface area contributed by atoms with E-state index >= 15 is 0 Å². The third kappa shape index (κ3) is 4.70. The predicted octanol–water partition coefficient (Wildman–Crippen LogP) is 3.22. The van der Waals surface area contributed by atoms with E-state index in [1.54, 1.807) is 11.8 Å². The second-order valence-electron chi connectivity index (χ2n) is 4.41. The molecule has 3 heteroatoms. The number of hydrogen-bond acceptors (Lipinski definition) is 3. The van der Waals surface area contributed by atoms with Gasteiger partial charge < -0.3 is 10.4 Å². The molecule has 3 atom stereocenters. The van der Waals surface area contributed by atoms with Gasteiger partial charge in [-0.05, 0) is 38.1 Å². The molecule has 96 valence electrons. The highest BCUT2D eigenvalue weighted by molar-refractivity contribution is 8.00. The molecule has 0 heterocycles. The first kappa shape index (κ1) is 14.6. The molecule has 0 saturated carbocycles. The fraction of sp³-hybridized carbons (Fsp3) is 0.571. The summed E-state index contributed by atoms with van der Waals surface area (Å²) in [5, 5.41) is 13.1. The minimum atomic E-state index is -0.277. The molecule has 2 N–H and O–H groups in total. The molecule has 3 unspecified atom stereocenters. The van der Waals surface area contributed by atoms with Gasteiger partial charge in [0.15, 0.2) is 0 Å². The summed E-state index contributed by atoms with van der Waals surface area (Å²) in [6.07, 6.45) is -0.277. The van der Waals surface area contributed by atoms with Crippen molar-refractivity contribution in [1.29, 1.82) is 0 Å². The quantitative estimate of drug-likeness (QED) is 0.764. The second kappa shape index (κ2) is 7.04. The summed E-state index contributed by atoms with van der Waals surface area (Å²) >= 11 is 1.72. The molecule has 1 rings (SSSR count). The van der Waals surface area contributed by atoms with Gasteiger partial charge in [-0.3, -0.25) is 0 Å². The Kier molecular flexibility index (Phi) is 6.03. The number of rotatable bonds is 6. The number of aliphatic hydroxyl groups excluding tert-OH is 1. The van der Waals surface area contributed by atoms with Gasteiger partial charge in [0.1, 0.15) is 0 Å². The highest BCUT2D eigenvalue weighted by Gasteiger charge is 2.10. The van der Waals surface area contributed by atoms with Crippen LogP contribution in [-0.4, -0.2) is 23.0 Å². The van der Waals surface area contributed by atoms with E-state index in [1.165, 1.54) is 10.5 Å². The normalized spacial score (nSPS) is 16.5. The summed E-state index contributed by atoms with van der Waals surface area (Å²) in [4.78, 5) is 1.21. The van der Waals surface area contributed by atoms with Gasteiger partial charge in [-0.25, -0.2) is 0 Å². The number of aliphatic hydroxyl groups is 1. The van der Waals surface area contributed by atoms with Gasteiger partial charge in [-0.15, -0.1) is 11.8 Å². The van der Waals surface area contributed by atoms with E-state index < -0.39 is 0 Å². The molecule has 0 spiro atoms. The van der Waals surface area contributed by atoms with Gasteiger partial charge in [0, 0.05) is 16.2 Å². The maximum atomic E-state index is 9.46. The summed E-state index contributed by atoms with van der Waals surface area (Å²) < 4.78 is 0. The van der Waals surface area contributed by atoms with Crippen molar-refractivity contribution in [3.63, 3.8) is 0 Å². The fourth-order valence-electron chi connectivity index (χ4n) is 1.57. The van der Waals surface area contributed by atoms with Gasteiger partial charge in [0.2, 0.25) is 0 Å². The smallest absolute Gasteiger partial charge is 0.0631 e. The minimum Gasteiger partial charge on any atom is -0.392 e. The zero-order valence-electron chi connectivity index (χ0n) is 11.1. The van der Waals surface area contributed by atoms with Crippen LogP contribution in [0.2, 0.25) is 0 Å². The molecular weight excluding hydrogens is 230 g/mol. The Morgan fingerprint density at radius 3 is 2.24 bits per heavy atom. The molecule has 0 aliphatic heterocycles.